The molecule has 3 nitrogen and oxygen atoms in total. The molecule has 0 saturated heterocycles. The summed E-state index contributed by atoms with van der Waals surface area (Å²) in [7, 11) is 0. The summed E-state index contributed by atoms with van der Waals surface area (Å²) in [5, 5.41) is 8.38. The Labute approximate surface area is 73.6 Å². The normalized spacial score (nSPS) is 2.40. The van der Waals surface area contributed by atoms with E-state index in [1.165, 1.54) is 0 Å². The third kappa shape index (κ3) is 31.8. The van der Waals surface area contributed by atoms with Crippen LogP contribution in [0.1, 0.15) is 0 Å². The summed E-state index contributed by atoms with van der Waals surface area (Å²) >= 11 is 0. The van der Waals surface area contributed by atoms with E-state index < -0.39 is 0 Å². The molecule has 0 aliphatic heterocycles. The van der Waals surface area contributed by atoms with Crippen LogP contribution in [-0.4, -0.2) is 59.1 Å². The Morgan fingerprint density at radius 3 is 1.40 bits per heavy atom. The van der Waals surface area contributed by atoms with Crippen molar-refractivity contribution < 1.29 is 5.34 Å². The van der Waals surface area contributed by atoms with Crippen LogP contribution < -0.4 is 5.34 Å². The number of hydrogen-bond donors (Lipinski definition) is 1. The first kappa shape index (κ1) is 16.1. The zero-order valence-corrected chi connectivity index (χ0v) is 1.32. The Morgan fingerprint density at radius 2 is 1.40 bits per heavy atom. The average Bonchev–Trinajstić information content (AvgIpc) is 0.918. The molecule has 0 amide bonds. The van der Waals surface area contributed by atoms with Gasteiger partial charge in [0.2, 0.25) is 0 Å². The second-order valence-corrected chi connectivity index (χ2v) is 0.0833. The van der Waals surface area contributed by atoms with Crippen LogP contribution in [0.4, 0.5) is 0 Å². The van der Waals surface area contributed by atoms with Crippen molar-refractivity contribution in [2.75, 3.05) is 0 Å². The van der Waals surface area contributed by atoms with E-state index in [-0.39, 0.29) is 64.5 Å². The molecule has 0 radical (unpaired) electrons. The van der Waals surface area contributed by atoms with Crippen molar-refractivity contribution in [3.05, 3.63) is 10.1 Å². The van der Waals surface area contributed by atoms with Crippen LogP contribution >= 0.6 is 0 Å². The van der Waals surface area contributed by atoms with Crippen LogP contribution in [0.25, 0.3) is 0 Å². The van der Waals surface area contributed by atoms with Gasteiger partial charge in [-0.15, -0.1) is 0 Å². The summed E-state index contributed by atoms with van der Waals surface area (Å²) in [4.78, 5) is 8.12. The third-order valence-electron chi connectivity index (χ3n) is 0. The van der Waals surface area contributed by atoms with E-state index in [1.807, 2.05) is 0 Å². The molecule has 1 N–H and O–H groups in total. The molecule has 0 aliphatic rings. The van der Waals surface area contributed by atoms with Gasteiger partial charge in [0.15, 0.2) is 0 Å². The van der Waals surface area contributed by atoms with Gasteiger partial charge in [-0.25, -0.2) is 0 Å². The maximum absolute atomic E-state index is 8.12. The fourth-order valence-electron chi connectivity index (χ4n) is 0. The summed E-state index contributed by atoms with van der Waals surface area (Å²) in [5.41, 5.74) is 0. The third-order valence-corrected chi connectivity index (χ3v) is 0. The van der Waals surface area contributed by atoms with Crippen molar-refractivity contribution in [3.8, 4) is 0 Å². The van der Waals surface area contributed by atoms with Gasteiger partial charge in [0.25, 0.3) is 0 Å². The second kappa shape index (κ2) is 18.2. The van der Waals surface area contributed by atoms with Gasteiger partial charge in [-0.05, 0) is 0 Å². The minimum atomic E-state index is 0. The molecular formula is H3NNa2O2. The topological polar surface area (TPSA) is 54.1 Å². The van der Waals surface area contributed by atoms with Gasteiger partial charge < -0.3 is 0 Å². The molecule has 0 fully saturated rings. The van der Waals surface area contributed by atoms with Crippen molar-refractivity contribution >= 4 is 59.1 Å². The van der Waals surface area contributed by atoms with Gasteiger partial charge >= 0.3 is 59.1 Å². The van der Waals surface area contributed by atoms with E-state index in [4.69, 9.17) is 10.1 Å². The summed E-state index contributed by atoms with van der Waals surface area (Å²) in [6.45, 7) is 0. The van der Waals surface area contributed by atoms with E-state index in [0.717, 1.165) is 0 Å². The molecule has 0 saturated carbocycles. The Bertz CT molecular complexity index is 15.1. The summed E-state index contributed by atoms with van der Waals surface area (Å²) in [5.74, 6) is 0. The first-order chi connectivity index (χ1) is 1.41. The summed E-state index contributed by atoms with van der Waals surface area (Å²) in [6, 6.07) is 0. The van der Waals surface area contributed by atoms with Crippen LogP contribution in [-0.2, 0) is 0 Å². The predicted octanol–water partition coefficient (Wildman–Crippen LogP) is -2.97. The van der Waals surface area contributed by atoms with Crippen LogP contribution in [0.15, 0.2) is 0 Å². The van der Waals surface area contributed by atoms with Gasteiger partial charge in [0.1, 0.15) is 0 Å². The first-order valence-corrected chi connectivity index (χ1v) is 0.408. The quantitative estimate of drug-likeness (QED) is 0.198. The van der Waals surface area contributed by atoms with E-state index >= 15 is 0 Å². The number of nitrogens with one attached hydrogen (secondary N) is 1. The van der Waals surface area contributed by atoms with Crippen LogP contribution in [0, 0.1) is 10.1 Å². The van der Waals surface area contributed by atoms with E-state index in [9.17, 15) is 0 Å². The van der Waals surface area contributed by atoms with Crippen molar-refractivity contribution in [3.63, 3.8) is 0 Å². The zero-order valence-electron chi connectivity index (χ0n) is 1.32. The Morgan fingerprint density at radius 1 is 1.40 bits per heavy atom. The van der Waals surface area contributed by atoms with Gasteiger partial charge in [-0.3, -0.25) is 10.1 Å². The van der Waals surface area contributed by atoms with Crippen molar-refractivity contribution in [2.45, 2.75) is 0 Å². The first-order valence-electron chi connectivity index (χ1n) is 0.408. The molecule has 0 heterocycles. The van der Waals surface area contributed by atoms with Crippen molar-refractivity contribution in [2.24, 2.45) is 0 Å². The van der Waals surface area contributed by atoms with Gasteiger partial charge in [0.05, 0.1) is 0 Å². The van der Waals surface area contributed by atoms with E-state index in [2.05, 4.69) is 0 Å². The van der Waals surface area contributed by atoms with Gasteiger partial charge in [-0.1, -0.05) is 0 Å². The molecule has 0 aromatic carbocycles. The zero-order chi connectivity index (χ0) is 2.71. The van der Waals surface area contributed by atoms with Crippen LogP contribution in [0.5, 0.6) is 0 Å². The van der Waals surface area contributed by atoms with E-state index in [1.54, 1.807) is 0 Å². The molecular weight excluding hydrogens is 92.0 g/mol. The number of rotatable bonds is 0. The molecule has 0 atom stereocenters. The fraction of sp³-hybridized carbons (Fsp3) is 0. The molecule has 22 valence electrons. The fourth-order valence-corrected chi connectivity index (χ4v) is 0. The van der Waals surface area contributed by atoms with E-state index in [0.29, 0.717) is 0 Å². The van der Waals surface area contributed by atoms with Gasteiger partial charge in [0, 0.05) is 5.34 Å². The minimum absolute atomic E-state index is 0. The SMILES string of the molecule is O=[NH+][O-].[NaH].[NaH]. The van der Waals surface area contributed by atoms with Gasteiger partial charge in [-0.2, -0.15) is 0 Å². The van der Waals surface area contributed by atoms with Crippen LogP contribution in [0.2, 0.25) is 0 Å². The predicted molar refractivity (Wildman–Crippen MR) is 22.0 cm³/mol. The van der Waals surface area contributed by atoms with Crippen LogP contribution in [0.3, 0.4) is 0 Å². The monoisotopic (exact) mass is 95.0 g/mol. The standard InChI is InChI=1S/HNO2.2Na.2H/c2-1-3;;;;/h1H;;;;. The summed E-state index contributed by atoms with van der Waals surface area (Å²) in [6.07, 6.45) is 0. The molecule has 0 rings (SSSR count). The Hall–Kier alpha value is 1.40. The second-order valence-electron chi connectivity index (χ2n) is 0.0833. The molecule has 0 aromatic heterocycles. The number of hydrogen-bond acceptors (Lipinski definition) is 2. The molecule has 0 aliphatic carbocycles. The molecule has 0 bridgehead atoms. The Balaban J connectivity index is -0.0000000200. The Kier molecular flexibility index (Phi) is 58.6. The van der Waals surface area contributed by atoms with Crippen molar-refractivity contribution in [1.29, 1.82) is 0 Å². The summed E-state index contributed by atoms with van der Waals surface area (Å²) < 4.78 is 0. The molecule has 0 spiro atoms. The average molecular weight is 95.0 g/mol. The van der Waals surface area contributed by atoms with Crippen molar-refractivity contribution in [1.82, 2.24) is 0 Å². The molecule has 0 aromatic rings. The molecule has 0 unspecified atom stereocenters. The molecule has 5 heteroatoms. The molecule has 5 heavy (non-hydrogen) atoms. The maximum atomic E-state index is 8.12.